The van der Waals surface area contributed by atoms with Crippen molar-refractivity contribution in [2.75, 3.05) is 13.1 Å². The molecule has 0 aromatic heterocycles. The van der Waals surface area contributed by atoms with Gasteiger partial charge in [0.1, 0.15) is 0 Å². The second-order valence-corrected chi connectivity index (χ2v) is 4.85. The fourth-order valence-corrected chi connectivity index (χ4v) is 2.21. The van der Waals surface area contributed by atoms with Gasteiger partial charge in [0.2, 0.25) is 0 Å². The molecule has 2 aliphatic carbocycles. The molecule has 0 heterocycles. The van der Waals surface area contributed by atoms with Gasteiger partial charge in [-0.25, -0.2) is 0 Å². The van der Waals surface area contributed by atoms with Gasteiger partial charge in [0, 0.05) is 12.1 Å². The van der Waals surface area contributed by atoms with Crippen LogP contribution in [0, 0.1) is 5.92 Å². The van der Waals surface area contributed by atoms with Crippen molar-refractivity contribution in [3.05, 3.63) is 0 Å². The predicted octanol–water partition coefficient (Wildman–Crippen LogP) is 1.65. The molecule has 0 aromatic carbocycles. The van der Waals surface area contributed by atoms with Gasteiger partial charge in [-0.15, -0.1) is 0 Å². The van der Waals surface area contributed by atoms with Crippen molar-refractivity contribution in [2.24, 2.45) is 11.7 Å². The molecule has 2 aliphatic rings. The summed E-state index contributed by atoms with van der Waals surface area (Å²) in [4.78, 5) is 0. The van der Waals surface area contributed by atoms with Gasteiger partial charge in [-0.2, -0.15) is 0 Å². The Balaban J connectivity index is 1.54. The van der Waals surface area contributed by atoms with Crippen LogP contribution in [0.4, 0.5) is 0 Å². The van der Waals surface area contributed by atoms with Crippen LogP contribution in [0.3, 0.4) is 0 Å². The molecule has 3 N–H and O–H groups in total. The van der Waals surface area contributed by atoms with E-state index in [0.717, 1.165) is 12.5 Å². The van der Waals surface area contributed by atoms with Crippen molar-refractivity contribution >= 4 is 0 Å². The molecular weight excluding hydrogens is 160 g/mol. The van der Waals surface area contributed by atoms with Crippen LogP contribution in [0.25, 0.3) is 0 Å². The van der Waals surface area contributed by atoms with E-state index >= 15 is 0 Å². The lowest BCUT2D eigenvalue weighted by Crippen LogP contribution is -2.56. The van der Waals surface area contributed by atoms with E-state index in [1.807, 2.05) is 0 Å². The Morgan fingerprint density at radius 3 is 2.54 bits per heavy atom. The third-order valence-electron chi connectivity index (χ3n) is 3.69. The predicted molar refractivity (Wildman–Crippen MR) is 55.6 cm³/mol. The summed E-state index contributed by atoms with van der Waals surface area (Å²) in [5, 5.41) is 3.64. The normalized spacial score (nSPS) is 25.6. The van der Waals surface area contributed by atoms with Crippen molar-refractivity contribution in [2.45, 2.75) is 50.5 Å². The molecule has 2 rings (SSSR count). The molecule has 0 saturated heterocycles. The highest BCUT2D eigenvalue weighted by Crippen LogP contribution is 2.34. The summed E-state index contributed by atoms with van der Waals surface area (Å²) in [7, 11) is 0. The van der Waals surface area contributed by atoms with E-state index in [4.69, 9.17) is 5.73 Å². The zero-order chi connectivity index (χ0) is 9.15. The van der Waals surface area contributed by atoms with E-state index in [1.165, 1.54) is 51.5 Å². The van der Waals surface area contributed by atoms with Crippen LogP contribution < -0.4 is 11.1 Å². The van der Waals surface area contributed by atoms with Gasteiger partial charge < -0.3 is 11.1 Å². The van der Waals surface area contributed by atoms with Gasteiger partial charge in [0.05, 0.1) is 0 Å². The standard InChI is InChI=1S/C11H22N2/c12-9-11(6-2-7-11)13-8-1-3-10-4-5-10/h10,13H,1-9,12H2. The zero-order valence-corrected chi connectivity index (χ0v) is 8.52. The monoisotopic (exact) mass is 182 g/mol. The van der Waals surface area contributed by atoms with Gasteiger partial charge in [0.25, 0.3) is 0 Å². The maximum absolute atomic E-state index is 5.76. The molecule has 0 atom stereocenters. The average Bonchev–Trinajstić information content (AvgIpc) is 2.86. The van der Waals surface area contributed by atoms with Crippen LogP contribution in [-0.2, 0) is 0 Å². The molecular formula is C11H22N2. The maximum Gasteiger partial charge on any atom is 0.0304 e. The first-order valence-corrected chi connectivity index (χ1v) is 5.80. The summed E-state index contributed by atoms with van der Waals surface area (Å²) < 4.78 is 0. The molecule has 0 aliphatic heterocycles. The van der Waals surface area contributed by atoms with Crippen molar-refractivity contribution in [3.8, 4) is 0 Å². The first kappa shape index (κ1) is 9.47. The van der Waals surface area contributed by atoms with Gasteiger partial charge in [-0.1, -0.05) is 12.8 Å². The third-order valence-corrected chi connectivity index (χ3v) is 3.69. The number of nitrogens with one attached hydrogen (secondary N) is 1. The van der Waals surface area contributed by atoms with Crippen LogP contribution in [0.15, 0.2) is 0 Å². The number of nitrogens with two attached hydrogens (primary N) is 1. The van der Waals surface area contributed by atoms with Crippen LogP contribution >= 0.6 is 0 Å². The molecule has 0 bridgehead atoms. The van der Waals surface area contributed by atoms with Crippen LogP contribution in [0.1, 0.15) is 44.9 Å². The maximum atomic E-state index is 5.76. The molecule has 0 radical (unpaired) electrons. The van der Waals surface area contributed by atoms with E-state index in [2.05, 4.69) is 5.32 Å². The summed E-state index contributed by atoms with van der Waals surface area (Å²) in [5.74, 6) is 1.08. The topological polar surface area (TPSA) is 38.0 Å². The zero-order valence-electron chi connectivity index (χ0n) is 8.52. The molecule has 2 heteroatoms. The fraction of sp³-hybridized carbons (Fsp3) is 1.00. The molecule has 2 nitrogen and oxygen atoms in total. The first-order valence-electron chi connectivity index (χ1n) is 5.80. The SMILES string of the molecule is NCC1(NCCCC2CC2)CCC1. The molecule has 0 aromatic rings. The van der Waals surface area contributed by atoms with Crippen molar-refractivity contribution in [3.63, 3.8) is 0 Å². The van der Waals surface area contributed by atoms with Crippen LogP contribution in [0.2, 0.25) is 0 Å². The molecule has 2 saturated carbocycles. The van der Waals surface area contributed by atoms with E-state index in [-0.39, 0.29) is 0 Å². The second kappa shape index (κ2) is 3.97. The molecule has 0 unspecified atom stereocenters. The van der Waals surface area contributed by atoms with E-state index in [1.54, 1.807) is 0 Å². The van der Waals surface area contributed by atoms with Crippen molar-refractivity contribution < 1.29 is 0 Å². The highest BCUT2D eigenvalue weighted by molar-refractivity contribution is 4.96. The minimum absolute atomic E-state index is 0.351. The first-order chi connectivity index (χ1) is 6.35. The molecule has 0 spiro atoms. The van der Waals surface area contributed by atoms with Gasteiger partial charge >= 0.3 is 0 Å². The molecule has 76 valence electrons. The fourth-order valence-electron chi connectivity index (χ4n) is 2.21. The summed E-state index contributed by atoms with van der Waals surface area (Å²) >= 11 is 0. The van der Waals surface area contributed by atoms with Crippen molar-refractivity contribution in [1.29, 1.82) is 0 Å². The molecule has 2 fully saturated rings. The van der Waals surface area contributed by atoms with Crippen LogP contribution in [0.5, 0.6) is 0 Å². The molecule has 0 amide bonds. The second-order valence-electron chi connectivity index (χ2n) is 4.85. The van der Waals surface area contributed by atoms with Gasteiger partial charge in [-0.05, 0) is 44.6 Å². The Labute approximate surface area is 81.3 Å². The lowest BCUT2D eigenvalue weighted by Gasteiger charge is -2.42. The minimum atomic E-state index is 0.351. The third kappa shape index (κ3) is 2.44. The quantitative estimate of drug-likeness (QED) is 0.613. The number of hydrogen-bond donors (Lipinski definition) is 2. The minimum Gasteiger partial charge on any atom is -0.329 e. The largest absolute Gasteiger partial charge is 0.329 e. The van der Waals surface area contributed by atoms with E-state index < -0.39 is 0 Å². The number of rotatable bonds is 6. The Kier molecular flexibility index (Phi) is 2.89. The lowest BCUT2D eigenvalue weighted by atomic mass is 9.77. The molecule has 13 heavy (non-hydrogen) atoms. The highest BCUT2D eigenvalue weighted by Gasteiger charge is 2.34. The van der Waals surface area contributed by atoms with E-state index in [9.17, 15) is 0 Å². The Morgan fingerprint density at radius 1 is 1.31 bits per heavy atom. The van der Waals surface area contributed by atoms with Gasteiger partial charge in [0.15, 0.2) is 0 Å². The Bertz CT molecular complexity index is 154. The lowest BCUT2D eigenvalue weighted by molar-refractivity contribution is 0.192. The van der Waals surface area contributed by atoms with Crippen LogP contribution in [-0.4, -0.2) is 18.6 Å². The smallest absolute Gasteiger partial charge is 0.0304 e. The van der Waals surface area contributed by atoms with Crippen molar-refractivity contribution in [1.82, 2.24) is 5.32 Å². The summed E-state index contributed by atoms with van der Waals surface area (Å²) in [6.45, 7) is 2.02. The van der Waals surface area contributed by atoms with Gasteiger partial charge in [-0.3, -0.25) is 0 Å². The number of hydrogen-bond acceptors (Lipinski definition) is 2. The summed E-state index contributed by atoms with van der Waals surface area (Å²) in [6.07, 6.45) is 9.73. The Hall–Kier alpha value is -0.0800. The average molecular weight is 182 g/mol. The Morgan fingerprint density at radius 2 is 2.08 bits per heavy atom. The summed E-state index contributed by atoms with van der Waals surface area (Å²) in [6, 6.07) is 0. The summed E-state index contributed by atoms with van der Waals surface area (Å²) in [5.41, 5.74) is 6.11. The highest BCUT2D eigenvalue weighted by atomic mass is 15.0. The van der Waals surface area contributed by atoms with E-state index in [0.29, 0.717) is 5.54 Å².